The Balaban J connectivity index is 2.02. The minimum absolute atomic E-state index is 0.479. The number of ether oxygens (including phenoxy) is 1. The van der Waals surface area contributed by atoms with Crippen LogP contribution in [0.1, 0.15) is 10.6 Å². The number of nitrogens with zero attached hydrogens (tertiary/aromatic N) is 1. The first-order chi connectivity index (χ1) is 7.25. The van der Waals surface area contributed by atoms with E-state index in [9.17, 15) is 0 Å². The van der Waals surface area contributed by atoms with Crippen LogP contribution in [0.4, 0.5) is 5.00 Å². The molecule has 1 aromatic heterocycles. The Labute approximate surface area is 92.5 Å². The van der Waals surface area contributed by atoms with Gasteiger partial charge in [0, 0.05) is 0 Å². The van der Waals surface area contributed by atoms with Crippen molar-refractivity contribution in [3.05, 3.63) is 41.0 Å². The summed E-state index contributed by atoms with van der Waals surface area (Å²) in [5.41, 5.74) is 6.70. The summed E-state index contributed by atoms with van der Waals surface area (Å²) < 4.78 is 5.63. The number of thiazole rings is 1. The topological polar surface area (TPSA) is 48.1 Å². The van der Waals surface area contributed by atoms with Crippen LogP contribution in [0.5, 0.6) is 5.75 Å². The van der Waals surface area contributed by atoms with Crippen molar-refractivity contribution in [1.29, 1.82) is 0 Å². The number of rotatable bonds is 3. The summed E-state index contributed by atoms with van der Waals surface area (Å²) in [6.45, 7) is 2.50. The van der Waals surface area contributed by atoms with Gasteiger partial charge in [0.25, 0.3) is 0 Å². The summed E-state index contributed by atoms with van der Waals surface area (Å²) in [5.74, 6) is 0.895. The van der Waals surface area contributed by atoms with E-state index >= 15 is 0 Å². The molecule has 0 radical (unpaired) electrons. The lowest BCUT2D eigenvalue weighted by Crippen LogP contribution is -1.95. The van der Waals surface area contributed by atoms with Gasteiger partial charge in [-0.25, -0.2) is 4.98 Å². The molecule has 4 heteroatoms. The van der Waals surface area contributed by atoms with E-state index in [1.165, 1.54) is 11.3 Å². The Hall–Kier alpha value is -1.55. The first-order valence-electron chi connectivity index (χ1n) is 4.64. The molecule has 0 saturated carbocycles. The molecule has 0 bridgehead atoms. The molecule has 0 aliphatic rings. The Kier molecular flexibility index (Phi) is 2.87. The number of para-hydroxylation sites is 1. The largest absolute Gasteiger partial charge is 0.486 e. The van der Waals surface area contributed by atoms with Gasteiger partial charge in [0.1, 0.15) is 22.4 Å². The molecular formula is C11H12N2OS. The molecular weight excluding hydrogens is 208 g/mol. The van der Waals surface area contributed by atoms with Gasteiger partial charge < -0.3 is 10.5 Å². The standard InChI is InChI=1S/C11H12N2OS/c1-8-4-2-3-5-9(8)14-7-11-13-6-10(12)15-11/h2-6H,7,12H2,1H3. The average molecular weight is 220 g/mol. The van der Waals surface area contributed by atoms with Gasteiger partial charge in [-0.2, -0.15) is 0 Å². The normalized spacial score (nSPS) is 10.2. The third-order valence-electron chi connectivity index (χ3n) is 2.02. The second-order valence-electron chi connectivity index (χ2n) is 3.21. The van der Waals surface area contributed by atoms with Crippen molar-refractivity contribution < 1.29 is 4.74 Å². The van der Waals surface area contributed by atoms with Crippen LogP contribution in [0.3, 0.4) is 0 Å². The highest BCUT2D eigenvalue weighted by Crippen LogP contribution is 2.20. The first kappa shape index (κ1) is 9.98. The third kappa shape index (κ3) is 2.47. The zero-order valence-corrected chi connectivity index (χ0v) is 9.25. The number of hydrogen-bond donors (Lipinski definition) is 1. The number of benzene rings is 1. The number of hydrogen-bond acceptors (Lipinski definition) is 4. The van der Waals surface area contributed by atoms with Crippen LogP contribution < -0.4 is 10.5 Å². The number of aryl methyl sites for hydroxylation is 1. The molecule has 0 atom stereocenters. The van der Waals surface area contributed by atoms with E-state index in [2.05, 4.69) is 4.98 Å². The van der Waals surface area contributed by atoms with Crippen LogP contribution in [0.25, 0.3) is 0 Å². The van der Waals surface area contributed by atoms with Crippen molar-refractivity contribution in [2.45, 2.75) is 13.5 Å². The highest BCUT2D eigenvalue weighted by atomic mass is 32.1. The average Bonchev–Trinajstić information content (AvgIpc) is 2.63. The number of aromatic nitrogens is 1. The summed E-state index contributed by atoms with van der Waals surface area (Å²) >= 11 is 1.45. The third-order valence-corrected chi connectivity index (χ3v) is 2.82. The van der Waals surface area contributed by atoms with Crippen molar-refractivity contribution >= 4 is 16.3 Å². The summed E-state index contributed by atoms with van der Waals surface area (Å²) in [5, 5.41) is 1.62. The van der Waals surface area contributed by atoms with Crippen LogP contribution in [0.15, 0.2) is 30.5 Å². The Morgan fingerprint density at radius 1 is 1.40 bits per heavy atom. The monoisotopic (exact) mass is 220 g/mol. The predicted molar refractivity (Wildman–Crippen MR) is 62.0 cm³/mol. The summed E-state index contributed by atoms with van der Waals surface area (Å²) in [6, 6.07) is 7.92. The maximum absolute atomic E-state index is 5.63. The Morgan fingerprint density at radius 3 is 2.87 bits per heavy atom. The SMILES string of the molecule is Cc1ccccc1OCc1ncc(N)s1. The van der Waals surface area contributed by atoms with Crippen molar-refractivity contribution in [2.24, 2.45) is 0 Å². The van der Waals surface area contributed by atoms with E-state index in [1.54, 1.807) is 6.20 Å². The molecule has 2 rings (SSSR count). The molecule has 0 aliphatic heterocycles. The summed E-state index contributed by atoms with van der Waals surface area (Å²) in [4.78, 5) is 4.13. The fourth-order valence-electron chi connectivity index (χ4n) is 1.25. The molecule has 0 saturated heterocycles. The first-order valence-corrected chi connectivity index (χ1v) is 5.46. The molecule has 78 valence electrons. The van der Waals surface area contributed by atoms with Crippen LogP contribution in [-0.2, 0) is 6.61 Å². The van der Waals surface area contributed by atoms with Crippen molar-refractivity contribution in [2.75, 3.05) is 5.73 Å². The number of anilines is 1. The van der Waals surface area contributed by atoms with E-state index < -0.39 is 0 Å². The molecule has 0 aliphatic carbocycles. The van der Waals surface area contributed by atoms with E-state index in [-0.39, 0.29) is 0 Å². The van der Waals surface area contributed by atoms with E-state index in [0.717, 1.165) is 21.3 Å². The molecule has 2 N–H and O–H groups in total. The fraction of sp³-hybridized carbons (Fsp3) is 0.182. The molecule has 1 heterocycles. The van der Waals surface area contributed by atoms with Gasteiger partial charge in [-0.05, 0) is 18.6 Å². The molecule has 0 spiro atoms. The van der Waals surface area contributed by atoms with Crippen LogP contribution in [0.2, 0.25) is 0 Å². The zero-order valence-electron chi connectivity index (χ0n) is 8.43. The van der Waals surface area contributed by atoms with Gasteiger partial charge in [-0.15, -0.1) is 0 Å². The lowest BCUT2D eigenvalue weighted by molar-refractivity contribution is 0.303. The van der Waals surface area contributed by atoms with Crippen LogP contribution in [-0.4, -0.2) is 4.98 Å². The van der Waals surface area contributed by atoms with E-state index in [4.69, 9.17) is 10.5 Å². The van der Waals surface area contributed by atoms with Gasteiger partial charge in [-0.1, -0.05) is 29.5 Å². The number of nitrogen functional groups attached to an aromatic ring is 1. The van der Waals surface area contributed by atoms with E-state index in [1.807, 2.05) is 31.2 Å². The van der Waals surface area contributed by atoms with E-state index in [0.29, 0.717) is 6.61 Å². The minimum Gasteiger partial charge on any atom is -0.486 e. The van der Waals surface area contributed by atoms with Crippen molar-refractivity contribution in [1.82, 2.24) is 4.98 Å². The fourth-order valence-corrected chi connectivity index (χ4v) is 1.85. The highest BCUT2D eigenvalue weighted by Gasteiger charge is 2.01. The zero-order chi connectivity index (χ0) is 10.7. The molecule has 0 unspecified atom stereocenters. The van der Waals surface area contributed by atoms with Crippen molar-refractivity contribution in [3.63, 3.8) is 0 Å². The van der Waals surface area contributed by atoms with Gasteiger partial charge in [0.05, 0.1) is 6.20 Å². The lowest BCUT2D eigenvalue weighted by atomic mass is 10.2. The second kappa shape index (κ2) is 4.31. The highest BCUT2D eigenvalue weighted by molar-refractivity contribution is 7.15. The van der Waals surface area contributed by atoms with Gasteiger partial charge >= 0.3 is 0 Å². The summed E-state index contributed by atoms with van der Waals surface area (Å²) in [6.07, 6.45) is 1.65. The van der Waals surface area contributed by atoms with Crippen LogP contribution >= 0.6 is 11.3 Å². The number of nitrogens with two attached hydrogens (primary N) is 1. The molecule has 1 aromatic carbocycles. The van der Waals surface area contributed by atoms with Crippen molar-refractivity contribution in [3.8, 4) is 5.75 Å². The molecule has 15 heavy (non-hydrogen) atoms. The molecule has 0 fully saturated rings. The molecule has 3 nitrogen and oxygen atoms in total. The maximum atomic E-state index is 5.63. The van der Waals surface area contributed by atoms with Gasteiger partial charge in [0.15, 0.2) is 0 Å². The quantitative estimate of drug-likeness (QED) is 0.865. The maximum Gasteiger partial charge on any atom is 0.140 e. The summed E-state index contributed by atoms with van der Waals surface area (Å²) in [7, 11) is 0. The van der Waals surface area contributed by atoms with Gasteiger partial charge in [-0.3, -0.25) is 0 Å². The Bertz CT molecular complexity index is 453. The smallest absolute Gasteiger partial charge is 0.140 e. The van der Waals surface area contributed by atoms with Crippen LogP contribution in [0, 0.1) is 6.92 Å². The molecule has 0 amide bonds. The molecule has 2 aromatic rings. The minimum atomic E-state index is 0.479. The second-order valence-corrected chi connectivity index (χ2v) is 4.36. The Morgan fingerprint density at radius 2 is 2.20 bits per heavy atom. The lowest BCUT2D eigenvalue weighted by Gasteiger charge is -2.06. The van der Waals surface area contributed by atoms with Gasteiger partial charge in [0.2, 0.25) is 0 Å². The predicted octanol–water partition coefficient (Wildman–Crippen LogP) is 2.61.